The molecule has 0 aliphatic carbocycles. The number of benzene rings is 2. The number of aliphatic hydroxyl groups excluding tert-OH is 1. The Morgan fingerprint density at radius 1 is 0.976 bits per heavy atom. The number of carbonyl (C=O) groups excluding carboxylic acids is 4. The highest BCUT2D eigenvalue weighted by Crippen LogP contribution is 2.29. The molecule has 3 amide bonds. The van der Waals surface area contributed by atoms with Crippen molar-refractivity contribution in [2.45, 2.75) is 78.5 Å². The van der Waals surface area contributed by atoms with E-state index in [4.69, 9.17) is 4.74 Å². The maximum atomic E-state index is 12.9. The average Bonchev–Trinajstić information content (AvgIpc) is 2.97. The molecule has 4 N–H and O–H groups in total. The minimum Gasteiger partial charge on any atom is -0.445 e. The van der Waals surface area contributed by atoms with E-state index in [9.17, 15) is 24.3 Å². The van der Waals surface area contributed by atoms with E-state index in [-0.39, 0.29) is 31.4 Å². The summed E-state index contributed by atoms with van der Waals surface area (Å²) in [7, 11) is 0. The summed E-state index contributed by atoms with van der Waals surface area (Å²) in [6.45, 7) is 6.86. The summed E-state index contributed by atoms with van der Waals surface area (Å²) in [4.78, 5) is 49.8. The molecule has 2 rings (SSSR count). The van der Waals surface area contributed by atoms with E-state index in [1.807, 2.05) is 81.7 Å². The molecule has 1 radical (unpaired) electrons. The van der Waals surface area contributed by atoms with Crippen LogP contribution < -0.4 is 16.0 Å². The van der Waals surface area contributed by atoms with E-state index in [0.717, 1.165) is 29.5 Å². The van der Waals surface area contributed by atoms with Gasteiger partial charge in [-0.25, -0.2) is 4.79 Å². The summed E-state index contributed by atoms with van der Waals surface area (Å²) in [5, 5.41) is 18.3. The molecule has 2 aromatic rings. The molecular weight excluding hydrogens is 522 g/mol. The van der Waals surface area contributed by atoms with Crippen LogP contribution in [0.25, 0.3) is 11.1 Å². The van der Waals surface area contributed by atoms with Gasteiger partial charge >= 0.3 is 6.09 Å². The minimum atomic E-state index is -1.16. The zero-order valence-electron chi connectivity index (χ0n) is 24.6. The molecule has 0 bridgehead atoms. The van der Waals surface area contributed by atoms with Crippen molar-refractivity contribution >= 4 is 24.2 Å². The Morgan fingerprint density at radius 3 is 2.29 bits per heavy atom. The third-order valence-electron chi connectivity index (χ3n) is 6.98. The van der Waals surface area contributed by atoms with E-state index < -0.39 is 36.1 Å². The van der Waals surface area contributed by atoms with Crippen LogP contribution in [0.15, 0.2) is 54.6 Å². The Morgan fingerprint density at radius 2 is 1.66 bits per heavy atom. The van der Waals surface area contributed by atoms with Gasteiger partial charge in [-0.15, -0.1) is 0 Å². The standard InChI is InChI=1S/C32H44N3O6/c1-5-6-8-17-29(38)35-28(19-36)32(22-37,18-23(2)3)21-33-30(39)24(4)34-31(40)41-20-26-15-11-12-16-27(26)25-13-9-7-10-14-25/h7,9-16,23-24,28,37H,5-6,8,17-18,20-22H2,1-4H3,(H,33,39)(H,34,40)(H,35,38)/t24-,28?,32?/m0/s1. The predicted octanol–water partition coefficient (Wildman–Crippen LogP) is 4.28. The fraction of sp³-hybridized carbons (Fsp3) is 0.500. The molecule has 41 heavy (non-hydrogen) atoms. The highest BCUT2D eigenvalue weighted by molar-refractivity contribution is 5.85. The van der Waals surface area contributed by atoms with Crippen LogP contribution in [0.4, 0.5) is 4.79 Å². The number of rotatable bonds is 17. The van der Waals surface area contributed by atoms with Crippen molar-refractivity contribution in [2.24, 2.45) is 11.3 Å². The third-order valence-corrected chi connectivity index (χ3v) is 6.98. The van der Waals surface area contributed by atoms with Crippen molar-refractivity contribution < 1.29 is 29.0 Å². The summed E-state index contributed by atoms with van der Waals surface area (Å²) in [6, 6.07) is 15.3. The molecule has 0 saturated carbocycles. The highest BCUT2D eigenvalue weighted by atomic mass is 16.5. The number of carbonyl (C=O) groups is 3. The maximum absolute atomic E-state index is 12.9. The number of aliphatic hydroxyl groups is 1. The number of amides is 3. The number of hydrogen-bond donors (Lipinski definition) is 4. The average molecular weight is 567 g/mol. The molecule has 0 spiro atoms. The first kappa shape index (κ1) is 33.5. The number of hydrogen-bond acceptors (Lipinski definition) is 6. The van der Waals surface area contributed by atoms with Gasteiger partial charge in [-0.1, -0.05) is 88.2 Å². The SMILES string of the molecule is CCCCCC(=O)NC([C]=O)C(CO)(CNC(=O)[C@H](C)NC(=O)OCc1ccccc1-c1ccccc1)CC(C)C. The van der Waals surface area contributed by atoms with Gasteiger partial charge in [0.15, 0.2) is 0 Å². The van der Waals surface area contributed by atoms with Gasteiger partial charge in [-0.2, -0.15) is 0 Å². The topological polar surface area (TPSA) is 134 Å². The Kier molecular flexibility index (Phi) is 14.0. The second-order valence-corrected chi connectivity index (χ2v) is 10.9. The first-order valence-electron chi connectivity index (χ1n) is 14.3. The highest BCUT2D eigenvalue weighted by Gasteiger charge is 2.41. The van der Waals surface area contributed by atoms with Crippen molar-refractivity contribution in [3.8, 4) is 11.1 Å². The molecule has 0 fully saturated rings. The summed E-state index contributed by atoms with van der Waals surface area (Å²) in [5.74, 6) is -0.769. The van der Waals surface area contributed by atoms with Crippen LogP contribution in [-0.2, 0) is 25.7 Å². The lowest BCUT2D eigenvalue weighted by Crippen LogP contribution is -2.58. The van der Waals surface area contributed by atoms with Crippen LogP contribution in [0.5, 0.6) is 0 Å². The smallest absolute Gasteiger partial charge is 0.408 e. The second kappa shape index (κ2) is 17.2. The molecule has 2 unspecified atom stereocenters. The van der Waals surface area contributed by atoms with Gasteiger partial charge in [0.2, 0.25) is 18.1 Å². The normalized spacial score (nSPS) is 13.9. The van der Waals surface area contributed by atoms with Crippen LogP contribution >= 0.6 is 0 Å². The Hall–Kier alpha value is -3.72. The lowest BCUT2D eigenvalue weighted by molar-refractivity contribution is -0.123. The molecule has 9 heteroatoms. The largest absolute Gasteiger partial charge is 0.445 e. The fourth-order valence-electron chi connectivity index (χ4n) is 4.78. The summed E-state index contributed by atoms with van der Waals surface area (Å²) in [5.41, 5.74) is 1.60. The molecule has 223 valence electrons. The van der Waals surface area contributed by atoms with E-state index in [1.54, 1.807) is 0 Å². The summed E-state index contributed by atoms with van der Waals surface area (Å²) < 4.78 is 5.40. The van der Waals surface area contributed by atoms with Gasteiger partial charge in [-0.05, 0) is 42.4 Å². The van der Waals surface area contributed by atoms with Crippen LogP contribution in [0.3, 0.4) is 0 Å². The van der Waals surface area contributed by atoms with Crippen LogP contribution in [0, 0.1) is 11.3 Å². The Balaban J connectivity index is 1.99. The molecule has 3 atom stereocenters. The van der Waals surface area contributed by atoms with Gasteiger partial charge in [0, 0.05) is 18.4 Å². The van der Waals surface area contributed by atoms with Crippen molar-refractivity contribution in [1.29, 1.82) is 0 Å². The summed E-state index contributed by atoms with van der Waals surface area (Å²) in [6.07, 6.45) is 4.27. The van der Waals surface area contributed by atoms with E-state index in [1.165, 1.54) is 6.92 Å². The van der Waals surface area contributed by atoms with Crippen molar-refractivity contribution in [3.63, 3.8) is 0 Å². The quantitative estimate of drug-likeness (QED) is 0.211. The van der Waals surface area contributed by atoms with E-state index in [0.29, 0.717) is 12.8 Å². The number of nitrogens with one attached hydrogen (secondary N) is 3. The zero-order valence-corrected chi connectivity index (χ0v) is 24.6. The van der Waals surface area contributed by atoms with Crippen molar-refractivity contribution in [2.75, 3.05) is 13.2 Å². The van der Waals surface area contributed by atoms with Crippen LogP contribution in [0.2, 0.25) is 0 Å². The van der Waals surface area contributed by atoms with E-state index in [2.05, 4.69) is 16.0 Å². The van der Waals surface area contributed by atoms with Crippen LogP contribution in [0.1, 0.15) is 65.4 Å². The molecule has 0 saturated heterocycles. The molecule has 0 heterocycles. The zero-order chi connectivity index (χ0) is 30.3. The maximum Gasteiger partial charge on any atom is 0.408 e. The molecule has 9 nitrogen and oxygen atoms in total. The lowest BCUT2D eigenvalue weighted by atomic mass is 9.74. The first-order valence-corrected chi connectivity index (χ1v) is 14.3. The van der Waals surface area contributed by atoms with Crippen molar-refractivity contribution in [3.05, 3.63) is 60.2 Å². The molecule has 0 aromatic heterocycles. The van der Waals surface area contributed by atoms with Gasteiger partial charge < -0.3 is 25.8 Å². The fourth-order valence-corrected chi connectivity index (χ4v) is 4.78. The summed E-state index contributed by atoms with van der Waals surface area (Å²) >= 11 is 0. The predicted molar refractivity (Wildman–Crippen MR) is 158 cm³/mol. The van der Waals surface area contributed by atoms with Gasteiger partial charge in [0.05, 0.1) is 6.61 Å². The molecule has 2 aromatic carbocycles. The molecule has 0 aliphatic rings. The third kappa shape index (κ3) is 10.6. The van der Waals surface area contributed by atoms with Crippen LogP contribution in [-0.4, -0.2) is 54.5 Å². The number of ether oxygens (including phenoxy) is 1. The van der Waals surface area contributed by atoms with E-state index >= 15 is 0 Å². The monoisotopic (exact) mass is 566 g/mol. The number of unbranched alkanes of at least 4 members (excludes halogenated alkanes) is 2. The first-order chi connectivity index (χ1) is 19.7. The Bertz CT molecular complexity index is 1120. The molecule has 0 aliphatic heterocycles. The van der Waals surface area contributed by atoms with Gasteiger partial charge in [0.1, 0.15) is 18.7 Å². The van der Waals surface area contributed by atoms with Gasteiger partial charge in [0.25, 0.3) is 0 Å². The lowest BCUT2D eigenvalue weighted by Gasteiger charge is -2.38. The number of alkyl carbamates (subject to hydrolysis) is 1. The molecular formula is C32H44N3O6. The second-order valence-electron chi connectivity index (χ2n) is 10.9. The Labute approximate surface area is 243 Å². The minimum absolute atomic E-state index is 0.0159. The van der Waals surface area contributed by atoms with Crippen molar-refractivity contribution in [1.82, 2.24) is 16.0 Å². The van der Waals surface area contributed by atoms with Gasteiger partial charge in [-0.3, -0.25) is 14.4 Å².